The van der Waals surface area contributed by atoms with Crippen molar-refractivity contribution in [2.24, 2.45) is 0 Å². The summed E-state index contributed by atoms with van der Waals surface area (Å²) in [6.45, 7) is 1.55. The van der Waals surface area contributed by atoms with Crippen LogP contribution in [0.4, 0.5) is 0 Å². The number of H-pyrrole nitrogens is 1. The van der Waals surface area contributed by atoms with Crippen LogP contribution in [0.1, 0.15) is 28.3 Å². The van der Waals surface area contributed by atoms with E-state index in [1.54, 1.807) is 54.9 Å². The minimum atomic E-state index is -0.219. The van der Waals surface area contributed by atoms with Gasteiger partial charge in [-0.25, -0.2) is 0 Å². The van der Waals surface area contributed by atoms with E-state index in [-0.39, 0.29) is 24.6 Å². The van der Waals surface area contributed by atoms with Crippen molar-refractivity contribution in [2.75, 3.05) is 13.7 Å². The van der Waals surface area contributed by atoms with Crippen LogP contribution in [0.25, 0.3) is 10.9 Å². The molecule has 1 amide bonds. The molecular weight excluding hydrogens is 430 g/mol. The monoisotopic (exact) mass is 453 g/mol. The zero-order chi connectivity index (χ0) is 22.5. The third-order valence-corrected chi connectivity index (χ3v) is 5.42. The normalized spacial score (nSPS) is 11.2. The SMILES string of the molecule is COCCCn1c(=S)[nH]c2cc(C(=O)N(Cc3ccco3)Cc3ccco3)ccc2c1=O. The first-order valence-electron chi connectivity index (χ1n) is 10.2. The Morgan fingerprint density at radius 3 is 2.41 bits per heavy atom. The van der Waals surface area contributed by atoms with Gasteiger partial charge in [0.1, 0.15) is 11.5 Å². The summed E-state index contributed by atoms with van der Waals surface area (Å²) in [6.07, 6.45) is 3.81. The summed E-state index contributed by atoms with van der Waals surface area (Å²) in [7, 11) is 1.61. The third-order valence-electron chi connectivity index (χ3n) is 5.10. The van der Waals surface area contributed by atoms with Gasteiger partial charge in [0.2, 0.25) is 0 Å². The molecule has 0 spiro atoms. The van der Waals surface area contributed by atoms with Crippen molar-refractivity contribution < 1.29 is 18.4 Å². The first kappa shape index (κ1) is 21.8. The second-order valence-electron chi connectivity index (χ2n) is 7.31. The number of aromatic amines is 1. The molecule has 4 rings (SSSR count). The number of carbonyl (C=O) groups excluding carboxylic acids is 1. The van der Waals surface area contributed by atoms with E-state index in [9.17, 15) is 9.59 Å². The lowest BCUT2D eigenvalue weighted by Crippen LogP contribution is -2.30. The zero-order valence-corrected chi connectivity index (χ0v) is 18.4. The van der Waals surface area contributed by atoms with Gasteiger partial charge in [-0.1, -0.05) is 0 Å². The summed E-state index contributed by atoms with van der Waals surface area (Å²) in [5, 5.41) is 0.469. The molecular formula is C23H23N3O5S. The molecule has 0 unspecified atom stereocenters. The Labute approximate surface area is 189 Å². The molecule has 1 aromatic carbocycles. The maximum Gasteiger partial charge on any atom is 0.262 e. The highest BCUT2D eigenvalue weighted by Gasteiger charge is 2.20. The first-order valence-corrected chi connectivity index (χ1v) is 10.6. The van der Waals surface area contributed by atoms with Gasteiger partial charge in [-0.3, -0.25) is 14.2 Å². The Morgan fingerprint density at radius 2 is 1.81 bits per heavy atom. The molecule has 3 aromatic heterocycles. The molecule has 8 nitrogen and oxygen atoms in total. The fourth-order valence-electron chi connectivity index (χ4n) is 3.52. The Hall–Kier alpha value is -3.43. The van der Waals surface area contributed by atoms with Crippen LogP contribution in [-0.4, -0.2) is 34.1 Å². The van der Waals surface area contributed by atoms with Crippen molar-refractivity contribution in [3.63, 3.8) is 0 Å². The molecule has 0 saturated heterocycles. The lowest BCUT2D eigenvalue weighted by atomic mass is 10.1. The maximum absolute atomic E-state index is 13.4. The number of ether oxygens (including phenoxy) is 1. The standard InChI is InChI=1S/C23H23N3O5S/c1-29-10-4-9-26-22(28)19-8-7-16(13-20(19)24-23(26)32)21(27)25(14-17-5-2-11-30-17)15-18-6-3-12-31-18/h2-3,5-8,11-13H,4,9-10,14-15H2,1H3,(H,24,32). The van der Waals surface area contributed by atoms with Crippen LogP contribution < -0.4 is 5.56 Å². The summed E-state index contributed by atoms with van der Waals surface area (Å²) < 4.78 is 17.7. The van der Waals surface area contributed by atoms with Crippen molar-refractivity contribution in [1.82, 2.24) is 14.5 Å². The number of benzene rings is 1. The molecule has 0 bridgehead atoms. The third kappa shape index (κ3) is 4.74. The van der Waals surface area contributed by atoms with E-state index in [0.29, 0.717) is 52.3 Å². The molecule has 0 aliphatic rings. The summed E-state index contributed by atoms with van der Waals surface area (Å²) in [4.78, 5) is 31.0. The second-order valence-corrected chi connectivity index (χ2v) is 7.70. The van der Waals surface area contributed by atoms with Gasteiger partial charge in [-0.2, -0.15) is 0 Å². The molecule has 0 saturated carbocycles. The predicted octanol–water partition coefficient (Wildman–Crippen LogP) is 4.12. The number of nitrogens with one attached hydrogen (secondary N) is 1. The largest absolute Gasteiger partial charge is 0.467 e. The topological polar surface area (TPSA) is 93.6 Å². The molecule has 0 atom stereocenters. The Morgan fingerprint density at radius 1 is 1.12 bits per heavy atom. The molecule has 0 radical (unpaired) electrons. The van der Waals surface area contributed by atoms with E-state index in [1.807, 2.05) is 12.1 Å². The summed E-state index contributed by atoms with van der Waals surface area (Å²) in [5.74, 6) is 1.09. The average Bonchev–Trinajstić information content (AvgIpc) is 3.49. The maximum atomic E-state index is 13.4. The Bertz CT molecular complexity index is 1270. The molecule has 4 aromatic rings. The predicted molar refractivity (Wildman–Crippen MR) is 121 cm³/mol. The van der Waals surface area contributed by atoms with Crippen LogP contribution in [0.5, 0.6) is 0 Å². The average molecular weight is 454 g/mol. The minimum absolute atomic E-state index is 0.193. The van der Waals surface area contributed by atoms with Gasteiger partial charge in [0.15, 0.2) is 4.77 Å². The van der Waals surface area contributed by atoms with Crippen molar-refractivity contribution in [3.05, 3.63) is 87.2 Å². The van der Waals surface area contributed by atoms with Crippen LogP contribution >= 0.6 is 12.2 Å². The molecule has 1 N–H and O–H groups in total. The molecule has 0 fully saturated rings. The number of hydrogen-bond donors (Lipinski definition) is 1. The quantitative estimate of drug-likeness (QED) is 0.303. The van der Waals surface area contributed by atoms with Gasteiger partial charge in [0, 0.05) is 25.8 Å². The van der Waals surface area contributed by atoms with E-state index in [0.717, 1.165) is 0 Å². The second kappa shape index (κ2) is 9.80. The fraction of sp³-hybridized carbons (Fsp3) is 0.261. The van der Waals surface area contributed by atoms with E-state index in [4.69, 9.17) is 25.8 Å². The number of rotatable bonds is 9. The molecule has 3 heterocycles. The molecule has 32 heavy (non-hydrogen) atoms. The summed E-state index contributed by atoms with van der Waals surface area (Å²) >= 11 is 5.38. The number of amides is 1. The number of aromatic nitrogens is 2. The smallest absolute Gasteiger partial charge is 0.262 e. The van der Waals surface area contributed by atoms with Crippen molar-refractivity contribution in [2.45, 2.75) is 26.1 Å². The molecule has 9 heteroatoms. The first-order chi connectivity index (χ1) is 15.6. The highest BCUT2D eigenvalue weighted by Crippen LogP contribution is 2.18. The van der Waals surface area contributed by atoms with Gasteiger partial charge in [-0.05, 0) is 61.1 Å². The lowest BCUT2D eigenvalue weighted by molar-refractivity contribution is 0.0705. The van der Waals surface area contributed by atoms with E-state index in [2.05, 4.69) is 4.98 Å². The zero-order valence-electron chi connectivity index (χ0n) is 17.6. The summed E-state index contributed by atoms with van der Waals surface area (Å²) in [6, 6.07) is 12.1. The van der Waals surface area contributed by atoms with Gasteiger partial charge in [0.25, 0.3) is 11.5 Å². The van der Waals surface area contributed by atoms with Gasteiger partial charge < -0.3 is 23.5 Å². The minimum Gasteiger partial charge on any atom is -0.467 e. The van der Waals surface area contributed by atoms with Crippen LogP contribution in [0.2, 0.25) is 0 Å². The van der Waals surface area contributed by atoms with Crippen molar-refractivity contribution in [1.29, 1.82) is 0 Å². The number of fused-ring (bicyclic) bond motifs is 1. The number of furan rings is 2. The number of hydrogen-bond acceptors (Lipinski definition) is 6. The van der Waals surface area contributed by atoms with E-state index in [1.165, 1.54) is 4.57 Å². The lowest BCUT2D eigenvalue weighted by Gasteiger charge is -2.21. The van der Waals surface area contributed by atoms with Crippen LogP contribution in [0.3, 0.4) is 0 Å². The Kier molecular flexibility index (Phi) is 6.67. The molecule has 166 valence electrons. The van der Waals surface area contributed by atoms with E-state index < -0.39 is 0 Å². The van der Waals surface area contributed by atoms with Gasteiger partial charge in [0.05, 0.1) is 36.5 Å². The molecule has 0 aliphatic heterocycles. The number of methoxy groups -OCH3 is 1. The summed E-state index contributed by atoms with van der Waals surface area (Å²) in [5.41, 5.74) is 0.754. The Balaban J connectivity index is 1.65. The highest BCUT2D eigenvalue weighted by atomic mass is 32.1. The van der Waals surface area contributed by atoms with Crippen LogP contribution in [0, 0.1) is 4.77 Å². The highest BCUT2D eigenvalue weighted by molar-refractivity contribution is 7.71. The van der Waals surface area contributed by atoms with Crippen molar-refractivity contribution in [3.8, 4) is 0 Å². The van der Waals surface area contributed by atoms with Gasteiger partial charge in [-0.15, -0.1) is 0 Å². The van der Waals surface area contributed by atoms with Crippen LogP contribution in [0.15, 0.2) is 68.6 Å². The van der Waals surface area contributed by atoms with Crippen molar-refractivity contribution >= 4 is 29.0 Å². The fourth-order valence-corrected chi connectivity index (χ4v) is 3.81. The number of nitrogens with zero attached hydrogens (tertiary/aromatic N) is 2. The van der Waals surface area contributed by atoms with Crippen LogP contribution in [-0.2, 0) is 24.4 Å². The number of carbonyl (C=O) groups is 1. The molecule has 0 aliphatic carbocycles. The van der Waals surface area contributed by atoms with Gasteiger partial charge >= 0.3 is 0 Å². The van der Waals surface area contributed by atoms with E-state index >= 15 is 0 Å².